The summed E-state index contributed by atoms with van der Waals surface area (Å²) in [6.45, 7) is 8.29. The van der Waals surface area contributed by atoms with Crippen LogP contribution < -0.4 is 15.0 Å². The van der Waals surface area contributed by atoms with Gasteiger partial charge in [-0.3, -0.25) is 14.9 Å². The predicted octanol–water partition coefficient (Wildman–Crippen LogP) is 5.52. The van der Waals surface area contributed by atoms with Crippen molar-refractivity contribution in [1.82, 2.24) is 4.90 Å². The molecule has 1 N–H and O–H groups in total. The lowest BCUT2D eigenvalue weighted by atomic mass is 10.1. The average Bonchev–Trinajstić information content (AvgIpc) is 2.88. The van der Waals surface area contributed by atoms with Crippen molar-refractivity contribution >= 4 is 23.0 Å². The first-order valence-electron chi connectivity index (χ1n) is 12.2. The van der Waals surface area contributed by atoms with Crippen molar-refractivity contribution in [3.63, 3.8) is 0 Å². The predicted molar refractivity (Wildman–Crippen MR) is 142 cm³/mol. The summed E-state index contributed by atoms with van der Waals surface area (Å²) in [5, 5.41) is 15.0. The molecule has 0 saturated carbocycles. The monoisotopic (exact) mass is 488 g/mol. The van der Waals surface area contributed by atoms with Gasteiger partial charge < -0.3 is 19.9 Å². The fourth-order valence-corrected chi connectivity index (χ4v) is 4.38. The molecule has 1 atom stereocenters. The molecule has 1 aliphatic rings. The van der Waals surface area contributed by atoms with Crippen LogP contribution in [-0.4, -0.2) is 48.0 Å². The Kier molecular flexibility index (Phi) is 7.73. The number of hydrogen-bond acceptors (Lipinski definition) is 6. The molecule has 1 aliphatic heterocycles. The van der Waals surface area contributed by atoms with Gasteiger partial charge in [0.25, 0.3) is 11.6 Å². The standard InChI is InChI=1S/C28H32N4O4/c1-20(2)36-25-11-7-10-23(18-25)28(33)31-16-14-30(15-17-31)24-12-13-27(32(34)35)26(19-24)29-21(3)22-8-5-4-6-9-22/h4-13,18-21,29H,14-17H2,1-3H3/t21-/m0/s1. The summed E-state index contributed by atoms with van der Waals surface area (Å²) in [5.74, 6) is 0.664. The molecule has 0 aliphatic carbocycles. The fraction of sp³-hybridized carbons (Fsp3) is 0.321. The highest BCUT2D eigenvalue weighted by Crippen LogP contribution is 2.33. The number of piperazine rings is 1. The van der Waals surface area contributed by atoms with E-state index in [1.165, 1.54) is 0 Å². The Bertz CT molecular complexity index is 1210. The second-order valence-corrected chi connectivity index (χ2v) is 9.21. The van der Waals surface area contributed by atoms with E-state index in [0.29, 0.717) is 43.2 Å². The van der Waals surface area contributed by atoms with E-state index in [4.69, 9.17) is 4.74 Å². The summed E-state index contributed by atoms with van der Waals surface area (Å²) in [6.07, 6.45) is 0.0376. The number of rotatable bonds is 8. The van der Waals surface area contributed by atoms with Gasteiger partial charge >= 0.3 is 0 Å². The number of carbonyl (C=O) groups is 1. The van der Waals surface area contributed by atoms with Gasteiger partial charge in [-0.1, -0.05) is 36.4 Å². The largest absolute Gasteiger partial charge is 0.491 e. The molecule has 1 fully saturated rings. The third-order valence-electron chi connectivity index (χ3n) is 6.23. The van der Waals surface area contributed by atoms with E-state index in [-0.39, 0.29) is 28.7 Å². The molecule has 3 aromatic rings. The highest BCUT2D eigenvalue weighted by Gasteiger charge is 2.24. The van der Waals surface area contributed by atoms with Crippen molar-refractivity contribution in [3.8, 4) is 5.75 Å². The van der Waals surface area contributed by atoms with Crippen LogP contribution in [0.15, 0.2) is 72.8 Å². The molecule has 1 amide bonds. The van der Waals surface area contributed by atoms with Gasteiger partial charge in [0.1, 0.15) is 11.4 Å². The summed E-state index contributed by atoms with van der Waals surface area (Å²) in [4.78, 5) is 28.4. The number of nitro groups is 1. The first-order valence-corrected chi connectivity index (χ1v) is 12.2. The Morgan fingerprint density at radius 1 is 0.944 bits per heavy atom. The van der Waals surface area contributed by atoms with Crippen molar-refractivity contribution in [2.75, 3.05) is 36.4 Å². The van der Waals surface area contributed by atoms with Crippen LogP contribution in [0.2, 0.25) is 0 Å². The summed E-state index contributed by atoms with van der Waals surface area (Å²) in [7, 11) is 0. The Morgan fingerprint density at radius 2 is 1.67 bits per heavy atom. The second-order valence-electron chi connectivity index (χ2n) is 9.21. The van der Waals surface area contributed by atoms with Gasteiger partial charge in [0, 0.05) is 49.5 Å². The van der Waals surface area contributed by atoms with E-state index in [0.717, 1.165) is 11.3 Å². The number of nitrogens with zero attached hydrogens (tertiary/aromatic N) is 3. The van der Waals surface area contributed by atoms with E-state index >= 15 is 0 Å². The molecule has 1 heterocycles. The number of anilines is 2. The van der Waals surface area contributed by atoms with E-state index in [9.17, 15) is 14.9 Å². The first kappa shape index (κ1) is 25.0. The van der Waals surface area contributed by atoms with Crippen LogP contribution in [0.5, 0.6) is 5.75 Å². The molecule has 4 rings (SSSR count). The Morgan fingerprint density at radius 3 is 2.33 bits per heavy atom. The fourth-order valence-electron chi connectivity index (χ4n) is 4.38. The third-order valence-corrected chi connectivity index (χ3v) is 6.23. The van der Waals surface area contributed by atoms with E-state index in [2.05, 4.69) is 10.2 Å². The van der Waals surface area contributed by atoms with Crippen LogP contribution in [0.1, 0.15) is 42.7 Å². The second kappa shape index (κ2) is 11.1. The lowest BCUT2D eigenvalue weighted by Crippen LogP contribution is -2.48. The van der Waals surface area contributed by atoms with Crippen LogP contribution in [0, 0.1) is 10.1 Å². The summed E-state index contributed by atoms with van der Waals surface area (Å²) >= 11 is 0. The van der Waals surface area contributed by atoms with Gasteiger partial charge in [0.15, 0.2) is 0 Å². The SMILES string of the molecule is CC(C)Oc1cccc(C(=O)N2CCN(c3ccc([N+](=O)[O-])c(N[C@@H](C)c4ccccc4)c3)CC2)c1. The molecule has 0 radical (unpaired) electrons. The lowest BCUT2D eigenvalue weighted by Gasteiger charge is -2.36. The molecule has 8 heteroatoms. The summed E-state index contributed by atoms with van der Waals surface area (Å²) in [5.41, 5.74) is 3.07. The summed E-state index contributed by atoms with van der Waals surface area (Å²) < 4.78 is 5.73. The summed E-state index contributed by atoms with van der Waals surface area (Å²) in [6, 6.07) is 22.2. The zero-order valence-corrected chi connectivity index (χ0v) is 20.9. The van der Waals surface area contributed by atoms with Crippen LogP contribution in [0.25, 0.3) is 0 Å². The minimum Gasteiger partial charge on any atom is -0.491 e. The van der Waals surface area contributed by atoms with Gasteiger partial charge in [-0.25, -0.2) is 0 Å². The molecule has 0 aromatic heterocycles. The van der Waals surface area contributed by atoms with E-state index < -0.39 is 0 Å². The molecule has 36 heavy (non-hydrogen) atoms. The zero-order chi connectivity index (χ0) is 25.7. The zero-order valence-electron chi connectivity index (χ0n) is 20.9. The number of nitro benzene ring substituents is 1. The maximum Gasteiger partial charge on any atom is 0.292 e. The third kappa shape index (κ3) is 5.94. The molecule has 188 valence electrons. The normalized spacial score (nSPS) is 14.4. The van der Waals surface area contributed by atoms with Crippen molar-refractivity contribution in [3.05, 3.63) is 94.0 Å². The number of benzene rings is 3. The lowest BCUT2D eigenvalue weighted by molar-refractivity contribution is -0.384. The quantitative estimate of drug-likeness (QED) is 0.332. The molecular weight excluding hydrogens is 456 g/mol. The van der Waals surface area contributed by atoms with Gasteiger partial charge in [-0.15, -0.1) is 0 Å². The van der Waals surface area contributed by atoms with Crippen LogP contribution in [0.3, 0.4) is 0 Å². The van der Waals surface area contributed by atoms with Crippen molar-refractivity contribution in [2.45, 2.75) is 32.9 Å². The van der Waals surface area contributed by atoms with Crippen LogP contribution >= 0.6 is 0 Å². The highest BCUT2D eigenvalue weighted by atomic mass is 16.6. The molecular formula is C28H32N4O4. The molecule has 8 nitrogen and oxygen atoms in total. The molecule has 1 saturated heterocycles. The number of amides is 1. The van der Waals surface area contributed by atoms with E-state index in [1.54, 1.807) is 18.2 Å². The minimum absolute atomic E-state index is 0.0217. The Balaban J connectivity index is 1.45. The van der Waals surface area contributed by atoms with Gasteiger partial charge in [-0.2, -0.15) is 0 Å². The number of hydrogen-bond donors (Lipinski definition) is 1. The highest BCUT2D eigenvalue weighted by molar-refractivity contribution is 5.94. The van der Waals surface area contributed by atoms with Gasteiger partial charge in [-0.05, 0) is 56.7 Å². The van der Waals surface area contributed by atoms with Crippen molar-refractivity contribution in [1.29, 1.82) is 0 Å². The maximum atomic E-state index is 13.1. The van der Waals surface area contributed by atoms with Crippen molar-refractivity contribution < 1.29 is 14.5 Å². The van der Waals surface area contributed by atoms with Gasteiger partial charge in [0.05, 0.1) is 11.0 Å². The minimum atomic E-state index is -0.364. The molecule has 3 aromatic carbocycles. The van der Waals surface area contributed by atoms with Gasteiger partial charge in [0.2, 0.25) is 0 Å². The van der Waals surface area contributed by atoms with E-state index in [1.807, 2.05) is 80.3 Å². The van der Waals surface area contributed by atoms with Crippen molar-refractivity contribution in [2.24, 2.45) is 0 Å². The smallest absolute Gasteiger partial charge is 0.292 e. The average molecular weight is 489 g/mol. The first-order chi connectivity index (χ1) is 17.3. The Labute approximate surface area is 211 Å². The van der Waals surface area contributed by atoms with Crippen LogP contribution in [-0.2, 0) is 0 Å². The maximum absolute atomic E-state index is 13.1. The van der Waals surface area contributed by atoms with Crippen LogP contribution in [0.4, 0.5) is 17.1 Å². The molecule has 0 bridgehead atoms. The molecule has 0 unspecified atom stereocenters. The number of ether oxygens (including phenoxy) is 1. The number of nitrogens with one attached hydrogen (secondary N) is 1. The molecule has 0 spiro atoms. The number of carbonyl (C=O) groups excluding carboxylic acids is 1. The topological polar surface area (TPSA) is 88.0 Å². The Hall–Kier alpha value is -4.07.